The second kappa shape index (κ2) is 4.49. The maximum atomic E-state index is 11.9. The molecule has 0 radical (unpaired) electrons. The first-order valence-electron chi connectivity index (χ1n) is 4.85. The Labute approximate surface area is 81.7 Å². The molecular formula is C9H16F3NO. The first-order chi connectivity index (χ1) is 6.40. The Morgan fingerprint density at radius 1 is 1.36 bits per heavy atom. The second-order valence-corrected chi connectivity index (χ2v) is 3.91. The Balaban J connectivity index is 2.31. The second-order valence-electron chi connectivity index (χ2n) is 3.91. The van der Waals surface area contributed by atoms with Crippen LogP contribution in [0.4, 0.5) is 13.2 Å². The van der Waals surface area contributed by atoms with Crippen LogP contribution in [-0.2, 0) is 0 Å². The summed E-state index contributed by atoms with van der Waals surface area (Å²) in [6, 6.07) is -0.0858. The van der Waals surface area contributed by atoms with Crippen LogP contribution >= 0.6 is 0 Å². The van der Waals surface area contributed by atoms with Gasteiger partial charge in [0.05, 0.1) is 12.5 Å². The van der Waals surface area contributed by atoms with Crippen LogP contribution in [0.2, 0.25) is 0 Å². The third-order valence-corrected chi connectivity index (χ3v) is 2.76. The zero-order valence-electron chi connectivity index (χ0n) is 8.22. The van der Waals surface area contributed by atoms with Crippen molar-refractivity contribution in [3.8, 4) is 0 Å². The van der Waals surface area contributed by atoms with Crippen LogP contribution in [0, 0.1) is 0 Å². The Hall–Kier alpha value is -0.290. The minimum Gasteiger partial charge on any atom is -0.391 e. The molecule has 2 nitrogen and oxygen atoms in total. The summed E-state index contributed by atoms with van der Waals surface area (Å²) in [4.78, 5) is 1.62. The molecule has 0 bridgehead atoms. The van der Waals surface area contributed by atoms with Crippen LogP contribution in [0.5, 0.6) is 0 Å². The van der Waals surface area contributed by atoms with Gasteiger partial charge in [0, 0.05) is 12.6 Å². The zero-order valence-corrected chi connectivity index (χ0v) is 8.22. The predicted octanol–water partition coefficient (Wildman–Crippen LogP) is 1.78. The van der Waals surface area contributed by atoms with Gasteiger partial charge in [0.15, 0.2) is 0 Å². The van der Waals surface area contributed by atoms with E-state index >= 15 is 0 Å². The third-order valence-electron chi connectivity index (χ3n) is 2.76. The third kappa shape index (κ3) is 3.46. The molecule has 0 heterocycles. The van der Waals surface area contributed by atoms with Crippen molar-refractivity contribution < 1.29 is 18.3 Å². The van der Waals surface area contributed by atoms with E-state index in [0.717, 1.165) is 12.8 Å². The number of likely N-dealkylation sites (N-methyl/N-ethyl adjacent to an activating group) is 1. The molecule has 1 rings (SSSR count). The van der Waals surface area contributed by atoms with E-state index in [1.807, 2.05) is 0 Å². The van der Waals surface area contributed by atoms with Gasteiger partial charge in [-0.2, -0.15) is 13.2 Å². The molecule has 1 saturated carbocycles. The molecule has 0 aromatic rings. The van der Waals surface area contributed by atoms with Gasteiger partial charge in [0.2, 0.25) is 0 Å². The van der Waals surface area contributed by atoms with E-state index in [4.69, 9.17) is 0 Å². The molecule has 0 spiro atoms. The molecule has 14 heavy (non-hydrogen) atoms. The summed E-state index contributed by atoms with van der Waals surface area (Å²) in [5.41, 5.74) is 0. The molecule has 0 aromatic carbocycles. The smallest absolute Gasteiger partial charge is 0.390 e. The average Bonchev–Trinajstić information content (AvgIpc) is 2.46. The number of alkyl halides is 3. The summed E-state index contributed by atoms with van der Waals surface area (Å²) in [5, 5.41) is 9.47. The van der Waals surface area contributed by atoms with E-state index in [9.17, 15) is 18.3 Å². The first kappa shape index (κ1) is 11.8. The Morgan fingerprint density at radius 2 is 2.00 bits per heavy atom. The molecule has 1 aliphatic rings. The largest absolute Gasteiger partial charge is 0.391 e. The number of aliphatic hydroxyl groups excluding tert-OH is 1. The van der Waals surface area contributed by atoms with Crippen molar-refractivity contribution in [3.63, 3.8) is 0 Å². The van der Waals surface area contributed by atoms with Crippen LogP contribution < -0.4 is 0 Å². The number of aliphatic hydroxyl groups is 1. The molecule has 2 atom stereocenters. The quantitative estimate of drug-likeness (QED) is 0.769. The van der Waals surface area contributed by atoms with Crippen molar-refractivity contribution in [1.29, 1.82) is 0 Å². The van der Waals surface area contributed by atoms with Gasteiger partial charge in [0.25, 0.3) is 0 Å². The lowest BCUT2D eigenvalue weighted by Crippen LogP contribution is -2.39. The maximum absolute atomic E-state index is 11.9. The Morgan fingerprint density at radius 3 is 2.43 bits per heavy atom. The number of nitrogens with zero attached hydrogens (tertiary/aromatic N) is 1. The highest BCUT2D eigenvalue weighted by molar-refractivity contribution is 4.83. The van der Waals surface area contributed by atoms with Crippen molar-refractivity contribution in [2.75, 3.05) is 13.6 Å². The van der Waals surface area contributed by atoms with E-state index in [1.54, 1.807) is 11.9 Å². The molecule has 0 unspecified atom stereocenters. The van der Waals surface area contributed by atoms with Crippen molar-refractivity contribution in [2.45, 2.75) is 44.0 Å². The molecule has 0 saturated heterocycles. The lowest BCUT2D eigenvalue weighted by atomic mass is 10.2. The van der Waals surface area contributed by atoms with E-state index in [0.29, 0.717) is 6.42 Å². The molecule has 1 aliphatic carbocycles. The van der Waals surface area contributed by atoms with Crippen LogP contribution in [0.25, 0.3) is 0 Å². The standard InChI is InChI=1S/C9H16F3NO/c1-13(6-5-9(10,11)12)7-3-2-4-8(7)14/h7-8,14H,2-6H2,1H3/t7-,8-/m1/s1. The van der Waals surface area contributed by atoms with Gasteiger partial charge < -0.3 is 10.0 Å². The van der Waals surface area contributed by atoms with Crippen molar-refractivity contribution in [1.82, 2.24) is 4.90 Å². The van der Waals surface area contributed by atoms with E-state index in [2.05, 4.69) is 0 Å². The number of hydrogen-bond donors (Lipinski definition) is 1. The minimum absolute atomic E-state index is 0.0226. The monoisotopic (exact) mass is 211 g/mol. The molecule has 1 N–H and O–H groups in total. The van der Waals surface area contributed by atoms with Crippen LogP contribution in [0.1, 0.15) is 25.7 Å². The van der Waals surface area contributed by atoms with Gasteiger partial charge in [-0.15, -0.1) is 0 Å². The molecule has 1 fully saturated rings. The summed E-state index contributed by atoms with van der Waals surface area (Å²) in [5.74, 6) is 0. The van der Waals surface area contributed by atoms with Crippen LogP contribution in [-0.4, -0.2) is 41.9 Å². The number of hydrogen-bond acceptors (Lipinski definition) is 2. The lowest BCUT2D eigenvalue weighted by Gasteiger charge is -2.27. The summed E-state index contributed by atoms with van der Waals surface area (Å²) in [6.07, 6.45) is -2.93. The van der Waals surface area contributed by atoms with Crippen LogP contribution in [0.3, 0.4) is 0 Å². The molecule has 0 amide bonds. The Bertz CT molecular complexity index is 183. The normalized spacial score (nSPS) is 28.7. The summed E-state index contributed by atoms with van der Waals surface area (Å²) >= 11 is 0. The summed E-state index contributed by atoms with van der Waals surface area (Å²) < 4.78 is 35.7. The molecule has 84 valence electrons. The summed E-state index contributed by atoms with van der Waals surface area (Å²) in [7, 11) is 1.64. The fourth-order valence-corrected chi connectivity index (χ4v) is 1.90. The van der Waals surface area contributed by atoms with Gasteiger partial charge in [-0.3, -0.25) is 0 Å². The van der Waals surface area contributed by atoms with E-state index in [-0.39, 0.29) is 12.6 Å². The summed E-state index contributed by atoms with van der Waals surface area (Å²) in [6.45, 7) is -0.0226. The average molecular weight is 211 g/mol. The topological polar surface area (TPSA) is 23.5 Å². The highest BCUT2D eigenvalue weighted by Crippen LogP contribution is 2.25. The first-order valence-corrected chi connectivity index (χ1v) is 4.85. The van der Waals surface area contributed by atoms with Crippen molar-refractivity contribution in [2.24, 2.45) is 0 Å². The Kier molecular flexibility index (Phi) is 3.78. The van der Waals surface area contributed by atoms with Crippen molar-refractivity contribution >= 4 is 0 Å². The highest BCUT2D eigenvalue weighted by Gasteiger charge is 2.32. The number of halogens is 3. The molecule has 5 heteroatoms. The maximum Gasteiger partial charge on any atom is 0.390 e. The van der Waals surface area contributed by atoms with Crippen molar-refractivity contribution in [3.05, 3.63) is 0 Å². The fourth-order valence-electron chi connectivity index (χ4n) is 1.90. The van der Waals surface area contributed by atoms with Gasteiger partial charge in [0.1, 0.15) is 0 Å². The predicted molar refractivity (Wildman–Crippen MR) is 46.9 cm³/mol. The van der Waals surface area contributed by atoms with E-state index < -0.39 is 18.7 Å². The van der Waals surface area contributed by atoms with E-state index in [1.165, 1.54) is 0 Å². The minimum atomic E-state index is -4.10. The molecule has 0 aliphatic heterocycles. The highest BCUT2D eigenvalue weighted by atomic mass is 19.4. The SMILES string of the molecule is CN(CCC(F)(F)F)[C@@H]1CCC[C@H]1O. The lowest BCUT2D eigenvalue weighted by molar-refractivity contribution is -0.139. The molecule has 0 aromatic heterocycles. The van der Waals surface area contributed by atoms with Crippen LogP contribution in [0.15, 0.2) is 0 Å². The zero-order chi connectivity index (χ0) is 10.8. The van der Waals surface area contributed by atoms with Gasteiger partial charge >= 0.3 is 6.18 Å². The van der Waals surface area contributed by atoms with Gasteiger partial charge in [-0.25, -0.2) is 0 Å². The number of rotatable bonds is 3. The molecular weight excluding hydrogens is 195 g/mol. The van der Waals surface area contributed by atoms with Gasteiger partial charge in [-0.05, 0) is 26.3 Å². The fraction of sp³-hybridized carbons (Fsp3) is 1.00. The van der Waals surface area contributed by atoms with Gasteiger partial charge in [-0.1, -0.05) is 0 Å².